The number of carbonyl (C=O) groups is 2. The number of methoxy groups -OCH3 is 1. The molecule has 0 aliphatic carbocycles. The number of benzene rings is 3. The molecule has 0 spiro atoms. The van der Waals surface area contributed by atoms with Crippen molar-refractivity contribution in [3.05, 3.63) is 84.4 Å². The van der Waals surface area contributed by atoms with E-state index in [1.165, 1.54) is 7.11 Å². The van der Waals surface area contributed by atoms with Crippen LogP contribution in [0.1, 0.15) is 5.56 Å². The molecule has 0 aliphatic heterocycles. The Bertz CT molecular complexity index is 1310. The molecule has 4 rings (SSSR count). The zero-order valence-corrected chi connectivity index (χ0v) is 18.3. The van der Waals surface area contributed by atoms with Gasteiger partial charge in [-0.1, -0.05) is 42.5 Å². The average Bonchev–Trinajstić information content (AvgIpc) is 2.82. The Morgan fingerprint density at radius 3 is 2.36 bits per heavy atom. The summed E-state index contributed by atoms with van der Waals surface area (Å²) in [6.45, 7) is 1.72. The number of rotatable bonds is 6. The summed E-state index contributed by atoms with van der Waals surface area (Å²) in [5, 5.41) is 6.30. The van der Waals surface area contributed by atoms with E-state index in [1.54, 1.807) is 24.3 Å². The number of hydrogen-bond donors (Lipinski definition) is 2. The van der Waals surface area contributed by atoms with E-state index in [-0.39, 0.29) is 12.6 Å². The number of carbonyl (C=O) groups excluding carboxylic acids is 2. The fourth-order valence-electron chi connectivity index (χ4n) is 3.36. The number of nitrogens with one attached hydrogen (secondary N) is 2. The van der Waals surface area contributed by atoms with Crippen LogP contribution in [0.3, 0.4) is 0 Å². The number of aromatic nitrogens is 1. The van der Waals surface area contributed by atoms with E-state index in [0.29, 0.717) is 33.7 Å². The molecule has 33 heavy (non-hydrogen) atoms. The summed E-state index contributed by atoms with van der Waals surface area (Å²) in [7, 11) is 1.31. The van der Waals surface area contributed by atoms with E-state index in [4.69, 9.17) is 14.5 Å². The maximum Gasteiger partial charge on any atom is 0.343 e. The first-order valence-electron chi connectivity index (χ1n) is 10.4. The maximum atomic E-state index is 12.5. The molecule has 0 saturated heterocycles. The Morgan fingerprint density at radius 2 is 1.64 bits per heavy atom. The van der Waals surface area contributed by atoms with Gasteiger partial charge in [0.2, 0.25) is 0 Å². The van der Waals surface area contributed by atoms with Crippen LogP contribution in [0.5, 0.6) is 5.75 Å². The van der Waals surface area contributed by atoms with E-state index in [9.17, 15) is 9.59 Å². The van der Waals surface area contributed by atoms with Crippen molar-refractivity contribution < 1.29 is 19.1 Å². The number of pyridine rings is 1. The Kier molecular flexibility index (Phi) is 6.50. The third kappa shape index (κ3) is 5.46. The molecular weight excluding hydrogens is 418 g/mol. The Hall–Kier alpha value is -4.39. The zero-order valence-electron chi connectivity index (χ0n) is 18.3. The van der Waals surface area contributed by atoms with E-state index >= 15 is 0 Å². The topological polar surface area (TPSA) is 89.6 Å². The van der Waals surface area contributed by atoms with Crippen LogP contribution in [0.15, 0.2) is 78.9 Å². The maximum absolute atomic E-state index is 12.5. The van der Waals surface area contributed by atoms with Crippen molar-refractivity contribution in [3.63, 3.8) is 0 Å². The quantitative estimate of drug-likeness (QED) is 0.391. The highest BCUT2D eigenvalue weighted by molar-refractivity contribution is 6.01. The number of fused-ring (bicyclic) bond motifs is 1. The summed E-state index contributed by atoms with van der Waals surface area (Å²) in [5.41, 5.74) is 4.60. The van der Waals surface area contributed by atoms with Crippen molar-refractivity contribution in [2.45, 2.75) is 6.92 Å². The number of aryl methyl sites for hydroxylation is 1. The number of urea groups is 1. The predicted octanol–water partition coefficient (Wildman–Crippen LogP) is 5.41. The van der Waals surface area contributed by atoms with Gasteiger partial charge in [0, 0.05) is 28.4 Å². The van der Waals surface area contributed by atoms with Crippen molar-refractivity contribution in [2.24, 2.45) is 0 Å². The highest BCUT2D eigenvalue weighted by atomic mass is 16.6. The van der Waals surface area contributed by atoms with Gasteiger partial charge < -0.3 is 20.1 Å². The summed E-state index contributed by atoms with van der Waals surface area (Å²) < 4.78 is 10.5. The highest BCUT2D eigenvalue weighted by Gasteiger charge is 2.13. The number of esters is 1. The fraction of sp³-hybridized carbons (Fsp3) is 0.115. The normalized spacial score (nSPS) is 10.5. The van der Waals surface area contributed by atoms with Gasteiger partial charge >= 0.3 is 12.0 Å². The van der Waals surface area contributed by atoms with Crippen LogP contribution in [0, 0.1) is 6.92 Å². The van der Waals surface area contributed by atoms with Crippen LogP contribution in [-0.2, 0) is 9.53 Å². The third-order valence-electron chi connectivity index (χ3n) is 4.95. The molecule has 4 aromatic rings. The lowest BCUT2D eigenvalue weighted by Gasteiger charge is -2.13. The minimum absolute atomic E-state index is 0.241. The molecule has 2 amide bonds. The Labute approximate surface area is 191 Å². The molecule has 1 aromatic heterocycles. The Morgan fingerprint density at radius 1 is 0.879 bits per heavy atom. The van der Waals surface area contributed by atoms with Crippen molar-refractivity contribution in [3.8, 4) is 17.0 Å². The Balaban J connectivity index is 1.64. The van der Waals surface area contributed by atoms with Crippen molar-refractivity contribution in [1.29, 1.82) is 0 Å². The van der Waals surface area contributed by atoms with Crippen LogP contribution in [0.25, 0.3) is 22.2 Å². The lowest BCUT2D eigenvalue weighted by Crippen LogP contribution is -2.19. The summed E-state index contributed by atoms with van der Waals surface area (Å²) in [4.78, 5) is 28.9. The SMILES string of the molecule is COC(=O)COc1cc(-c2ccccc2)nc2ccc(NC(=O)Nc3cccc(C)c3)cc12. The van der Waals surface area contributed by atoms with E-state index in [2.05, 4.69) is 10.6 Å². The average molecular weight is 441 g/mol. The number of nitrogens with zero attached hydrogens (tertiary/aromatic N) is 1. The molecule has 0 bridgehead atoms. The van der Waals surface area contributed by atoms with Crippen molar-refractivity contribution >= 4 is 34.3 Å². The van der Waals surface area contributed by atoms with E-state index < -0.39 is 5.97 Å². The zero-order chi connectivity index (χ0) is 23.2. The first-order valence-corrected chi connectivity index (χ1v) is 10.4. The van der Waals surface area contributed by atoms with Crippen LogP contribution in [0.2, 0.25) is 0 Å². The van der Waals surface area contributed by atoms with Crippen LogP contribution in [-0.4, -0.2) is 30.7 Å². The standard InChI is InChI=1S/C26H23N3O4/c1-17-7-6-10-19(13-17)27-26(31)28-20-11-12-22-21(14-20)24(33-16-25(30)32-2)15-23(29-22)18-8-4-3-5-9-18/h3-15H,16H2,1-2H3,(H2,27,28,31). The number of anilines is 2. The number of hydrogen-bond acceptors (Lipinski definition) is 5. The first-order chi connectivity index (χ1) is 16.0. The number of ether oxygens (including phenoxy) is 2. The van der Waals surface area contributed by atoms with Gasteiger partial charge in [0.15, 0.2) is 6.61 Å². The van der Waals surface area contributed by atoms with Gasteiger partial charge in [0.1, 0.15) is 5.75 Å². The molecule has 0 atom stereocenters. The molecule has 7 nitrogen and oxygen atoms in total. The van der Waals surface area contributed by atoms with Gasteiger partial charge in [-0.2, -0.15) is 0 Å². The van der Waals surface area contributed by atoms with Gasteiger partial charge in [0.25, 0.3) is 0 Å². The minimum atomic E-state index is -0.493. The smallest absolute Gasteiger partial charge is 0.343 e. The molecular formula is C26H23N3O4. The van der Waals surface area contributed by atoms with Gasteiger partial charge in [0.05, 0.1) is 18.3 Å². The van der Waals surface area contributed by atoms with Gasteiger partial charge in [-0.15, -0.1) is 0 Å². The lowest BCUT2D eigenvalue weighted by atomic mass is 10.1. The monoisotopic (exact) mass is 441 g/mol. The molecule has 0 fully saturated rings. The summed E-state index contributed by atoms with van der Waals surface area (Å²) in [5.74, 6) is -0.0277. The second-order valence-corrected chi connectivity index (χ2v) is 7.42. The summed E-state index contributed by atoms with van der Waals surface area (Å²) >= 11 is 0. The fourth-order valence-corrected chi connectivity index (χ4v) is 3.36. The molecule has 2 N–H and O–H groups in total. The first kappa shape index (κ1) is 21.8. The van der Waals surface area contributed by atoms with Crippen LogP contribution >= 0.6 is 0 Å². The molecule has 0 unspecified atom stereocenters. The number of amides is 2. The predicted molar refractivity (Wildman–Crippen MR) is 129 cm³/mol. The van der Waals surface area contributed by atoms with Crippen LogP contribution in [0.4, 0.5) is 16.2 Å². The lowest BCUT2D eigenvalue weighted by molar-refractivity contribution is -0.142. The molecule has 1 heterocycles. The summed E-state index contributed by atoms with van der Waals surface area (Å²) in [6.07, 6.45) is 0. The highest BCUT2D eigenvalue weighted by Crippen LogP contribution is 2.32. The van der Waals surface area contributed by atoms with Crippen molar-refractivity contribution in [2.75, 3.05) is 24.4 Å². The van der Waals surface area contributed by atoms with Crippen LogP contribution < -0.4 is 15.4 Å². The molecule has 0 radical (unpaired) electrons. The van der Waals surface area contributed by atoms with Gasteiger partial charge in [-0.3, -0.25) is 0 Å². The van der Waals surface area contributed by atoms with Gasteiger partial charge in [-0.25, -0.2) is 14.6 Å². The summed E-state index contributed by atoms with van der Waals surface area (Å²) in [6, 6.07) is 24.0. The van der Waals surface area contributed by atoms with Crippen molar-refractivity contribution in [1.82, 2.24) is 4.98 Å². The van der Waals surface area contributed by atoms with Gasteiger partial charge in [-0.05, 0) is 42.8 Å². The largest absolute Gasteiger partial charge is 0.481 e. The van der Waals surface area contributed by atoms with E-state index in [1.807, 2.05) is 61.5 Å². The molecule has 7 heteroatoms. The molecule has 0 aliphatic rings. The minimum Gasteiger partial charge on any atom is -0.481 e. The second kappa shape index (κ2) is 9.82. The molecule has 3 aromatic carbocycles. The molecule has 166 valence electrons. The van der Waals surface area contributed by atoms with E-state index in [0.717, 1.165) is 11.1 Å². The molecule has 0 saturated carbocycles. The second-order valence-electron chi connectivity index (χ2n) is 7.42. The third-order valence-corrected chi connectivity index (χ3v) is 4.95.